The molecule has 0 bridgehead atoms. The summed E-state index contributed by atoms with van der Waals surface area (Å²) in [4.78, 5) is 11.6. The second kappa shape index (κ2) is 7.01. The summed E-state index contributed by atoms with van der Waals surface area (Å²) in [7, 11) is -0.858. The van der Waals surface area contributed by atoms with Gasteiger partial charge in [0.25, 0.3) is 0 Å². The van der Waals surface area contributed by atoms with Crippen molar-refractivity contribution in [1.29, 1.82) is 0 Å². The van der Waals surface area contributed by atoms with Crippen LogP contribution < -0.4 is 10.6 Å². The average molecular weight is 246 g/mol. The summed E-state index contributed by atoms with van der Waals surface area (Å²) >= 11 is 0. The van der Waals surface area contributed by atoms with E-state index in [1.165, 1.54) is 0 Å². The number of piperidine rings is 1. The van der Waals surface area contributed by atoms with Crippen molar-refractivity contribution in [3.8, 4) is 0 Å². The number of carbonyl (C=O) groups is 1. The van der Waals surface area contributed by atoms with E-state index in [-0.39, 0.29) is 11.2 Å². The minimum absolute atomic E-state index is 0.0389. The number of carbonyl (C=O) groups excluding carboxylic acids is 1. The van der Waals surface area contributed by atoms with Crippen LogP contribution in [0.25, 0.3) is 0 Å². The molecule has 1 heterocycles. The molecule has 0 radical (unpaired) electrons. The van der Waals surface area contributed by atoms with Gasteiger partial charge in [0.05, 0.1) is 0 Å². The molecule has 0 aromatic carbocycles. The summed E-state index contributed by atoms with van der Waals surface area (Å²) in [6.45, 7) is 4.45. The van der Waals surface area contributed by atoms with E-state index in [4.69, 9.17) is 0 Å². The molecular formula is C11H22N2O2S. The Labute approximate surface area is 100 Å². The molecule has 1 aliphatic heterocycles. The summed E-state index contributed by atoms with van der Waals surface area (Å²) in [5.74, 6) is 0.618. The Morgan fingerprint density at radius 1 is 1.50 bits per heavy atom. The van der Waals surface area contributed by atoms with Crippen molar-refractivity contribution >= 4 is 16.7 Å². The molecule has 1 fully saturated rings. The summed E-state index contributed by atoms with van der Waals surface area (Å²) in [6, 6.07) is 0. The fourth-order valence-corrected chi connectivity index (χ4v) is 2.11. The number of amides is 1. The standard InChI is InChI=1S/C11H22N2O2S/c1-9(16(2)15)8-13-11(14)7-10-3-5-12-6-4-10/h9-10,12H,3-8H2,1-2H3,(H,13,14). The molecule has 0 saturated carbocycles. The minimum Gasteiger partial charge on any atom is -0.355 e. The van der Waals surface area contributed by atoms with Crippen molar-refractivity contribution in [2.24, 2.45) is 5.92 Å². The van der Waals surface area contributed by atoms with Gasteiger partial charge in [0.15, 0.2) is 0 Å². The highest BCUT2D eigenvalue weighted by atomic mass is 32.2. The van der Waals surface area contributed by atoms with Crippen LogP contribution in [0.4, 0.5) is 0 Å². The maximum atomic E-state index is 11.6. The van der Waals surface area contributed by atoms with Gasteiger partial charge in [-0.15, -0.1) is 0 Å². The second-order valence-corrected chi connectivity index (χ2v) is 6.31. The van der Waals surface area contributed by atoms with Crippen molar-refractivity contribution < 1.29 is 9.00 Å². The monoisotopic (exact) mass is 246 g/mol. The molecular weight excluding hydrogens is 224 g/mol. The van der Waals surface area contributed by atoms with Gasteiger partial charge in [0, 0.05) is 35.3 Å². The molecule has 0 aromatic rings. The first-order chi connectivity index (χ1) is 7.59. The van der Waals surface area contributed by atoms with Crippen molar-refractivity contribution in [2.75, 3.05) is 25.9 Å². The molecule has 4 nitrogen and oxygen atoms in total. The Morgan fingerprint density at radius 2 is 2.12 bits per heavy atom. The predicted octanol–water partition coefficient (Wildman–Crippen LogP) is 0.259. The van der Waals surface area contributed by atoms with E-state index < -0.39 is 10.8 Å². The highest BCUT2D eigenvalue weighted by Gasteiger charge is 2.17. The van der Waals surface area contributed by atoms with Gasteiger partial charge in [-0.25, -0.2) is 0 Å². The molecule has 2 N–H and O–H groups in total. The molecule has 5 heteroatoms. The van der Waals surface area contributed by atoms with Crippen LogP contribution >= 0.6 is 0 Å². The van der Waals surface area contributed by atoms with Gasteiger partial charge in [-0.1, -0.05) is 0 Å². The zero-order chi connectivity index (χ0) is 12.0. The van der Waals surface area contributed by atoms with E-state index in [9.17, 15) is 9.00 Å². The van der Waals surface area contributed by atoms with E-state index in [1.807, 2.05) is 6.92 Å². The summed E-state index contributed by atoms with van der Waals surface area (Å²) in [5, 5.41) is 6.18. The number of rotatable bonds is 5. The fraction of sp³-hybridized carbons (Fsp3) is 0.909. The average Bonchev–Trinajstić information content (AvgIpc) is 2.27. The first-order valence-corrected chi connectivity index (χ1v) is 7.51. The zero-order valence-corrected chi connectivity index (χ0v) is 10.9. The van der Waals surface area contributed by atoms with E-state index >= 15 is 0 Å². The lowest BCUT2D eigenvalue weighted by atomic mass is 9.94. The second-order valence-electron chi connectivity index (χ2n) is 4.51. The van der Waals surface area contributed by atoms with Crippen molar-refractivity contribution in [3.05, 3.63) is 0 Å². The zero-order valence-electron chi connectivity index (χ0n) is 10.1. The van der Waals surface area contributed by atoms with E-state index in [0.29, 0.717) is 18.9 Å². The van der Waals surface area contributed by atoms with E-state index in [0.717, 1.165) is 25.9 Å². The van der Waals surface area contributed by atoms with Gasteiger partial charge < -0.3 is 10.6 Å². The largest absolute Gasteiger partial charge is 0.355 e. The highest BCUT2D eigenvalue weighted by molar-refractivity contribution is 7.84. The molecule has 1 saturated heterocycles. The minimum atomic E-state index is -0.858. The smallest absolute Gasteiger partial charge is 0.220 e. The van der Waals surface area contributed by atoms with Crippen LogP contribution in [0.1, 0.15) is 26.2 Å². The van der Waals surface area contributed by atoms with Gasteiger partial charge in [0.1, 0.15) is 0 Å². The van der Waals surface area contributed by atoms with Crippen LogP contribution in [0.15, 0.2) is 0 Å². The molecule has 0 aliphatic carbocycles. The molecule has 2 unspecified atom stereocenters. The van der Waals surface area contributed by atoms with Crippen LogP contribution in [-0.2, 0) is 15.6 Å². The molecule has 1 rings (SSSR count). The Balaban J connectivity index is 2.17. The van der Waals surface area contributed by atoms with Crippen LogP contribution in [0.2, 0.25) is 0 Å². The molecule has 1 amide bonds. The first-order valence-electron chi connectivity index (χ1n) is 5.89. The SMILES string of the molecule is CC(CNC(=O)CC1CCNCC1)S(C)=O. The van der Waals surface area contributed by atoms with Gasteiger partial charge in [-0.2, -0.15) is 0 Å². The lowest BCUT2D eigenvalue weighted by molar-refractivity contribution is -0.122. The van der Waals surface area contributed by atoms with Crippen molar-refractivity contribution in [3.63, 3.8) is 0 Å². The van der Waals surface area contributed by atoms with Crippen molar-refractivity contribution in [2.45, 2.75) is 31.4 Å². The van der Waals surface area contributed by atoms with Crippen LogP contribution in [-0.4, -0.2) is 41.3 Å². The quantitative estimate of drug-likeness (QED) is 0.731. The fourth-order valence-electron chi connectivity index (χ4n) is 1.80. The topological polar surface area (TPSA) is 58.2 Å². The number of hydrogen-bond donors (Lipinski definition) is 2. The maximum Gasteiger partial charge on any atom is 0.220 e. The van der Waals surface area contributed by atoms with Gasteiger partial charge in [-0.05, 0) is 38.8 Å². The van der Waals surface area contributed by atoms with Crippen molar-refractivity contribution in [1.82, 2.24) is 10.6 Å². The lowest BCUT2D eigenvalue weighted by Crippen LogP contribution is -2.35. The molecule has 2 atom stereocenters. The Morgan fingerprint density at radius 3 is 2.69 bits per heavy atom. The van der Waals surface area contributed by atoms with Gasteiger partial charge >= 0.3 is 0 Å². The predicted molar refractivity (Wildman–Crippen MR) is 66.7 cm³/mol. The Kier molecular flexibility index (Phi) is 5.98. The molecule has 0 spiro atoms. The van der Waals surface area contributed by atoms with Gasteiger partial charge in [0.2, 0.25) is 5.91 Å². The third-order valence-corrected chi connectivity index (χ3v) is 4.39. The van der Waals surface area contributed by atoms with Crippen LogP contribution in [0.5, 0.6) is 0 Å². The lowest BCUT2D eigenvalue weighted by Gasteiger charge is -2.22. The maximum absolute atomic E-state index is 11.6. The molecule has 1 aliphatic rings. The Bertz CT molecular complexity index is 252. The number of nitrogens with one attached hydrogen (secondary N) is 2. The molecule has 16 heavy (non-hydrogen) atoms. The van der Waals surface area contributed by atoms with E-state index in [1.54, 1.807) is 6.26 Å². The van der Waals surface area contributed by atoms with Crippen LogP contribution in [0, 0.1) is 5.92 Å². The third kappa shape index (κ3) is 5.07. The molecule has 94 valence electrons. The summed E-state index contributed by atoms with van der Waals surface area (Å²) in [6.07, 6.45) is 4.46. The normalized spacial score (nSPS) is 21.4. The number of hydrogen-bond acceptors (Lipinski definition) is 3. The highest BCUT2D eigenvalue weighted by Crippen LogP contribution is 2.15. The molecule has 0 aromatic heterocycles. The third-order valence-electron chi connectivity index (χ3n) is 3.09. The van der Waals surface area contributed by atoms with E-state index in [2.05, 4.69) is 10.6 Å². The Hall–Kier alpha value is -0.420. The van der Waals surface area contributed by atoms with Crippen LogP contribution in [0.3, 0.4) is 0 Å². The summed E-state index contributed by atoms with van der Waals surface area (Å²) < 4.78 is 11.1. The summed E-state index contributed by atoms with van der Waals surface area (Å²) in [5.41, 5.74) is 0. The first kappa shape index (κ1) is 13.6. The van der Waals surface area contributed by atoms with Gasteiger partial charge in [-0.3, -0.25) is 9.00 Å².